The predicted octanol–water partition coefficient (Wildman–Crippen LogP) is 1.76. The van der Waals surface area contributed by atoms with Crippen molar-refractivity contribution in [1.29, 1.82) is 0 Å². The number of aliphatic hydroxyl groups excluding tert-OH is 1. The second-order valence-electron chi connectivity index (χ2n) is 2.92. The van der Waals surface area contributed by atoms with Gasteiger partial charge in [-0.25, -0.2) is 4.98 Å². The lowest BCUT2D eigenvalue weighted by molar-refractivity contribution is 0.274. The van der Waals surface area contributed by atoms with Crippen molar-refractivity contribution in [2.75, 3.05) is 0 Å². The highest BCUT2D eigenvalue weighted by atomic mass is 16.5. The van der Waals surface area contributed by atoms with Crippen molar-refractivity contribution in [2.24, 2.45) is 0 Å². The van der Waals surface area contributed by atoms with Crippen LogP contribution in [-0.2, 0) is 6.61 Å². The molecule has 0 aliphatic carbocycles. The van der Waals surface area contributed by atoms with E-state index in [-0.39, 0.29) is 6.61 Å². The van der Waals surface area contributed by atoms with Crippen LogP contribution in [0, 0.1) is 0 Å². The quantitative estimate of drug-likeness (QED) is 0.823. The summed E-state index contributed by atoms with van der Waals surface area (Å²) in [5.74, 6) is 1.08. The average molecular weight is 202 g/mol. The molecule has 2 aromatic rings. The average Bonchev–Trinajstić information content (AvgIpc) is 2.31. The molecule has 0 fully saturated rings. The van der Waals surface area contributed by atoms with Crippen LogP contribution < -0.4 is 4.74 Å². The molecule has 1 aromatic carbocycles. The summed E-state index contributed by atoms with van der Waals surface area (Å²) in [7, 11) is 0. The Morgan fingerprint density at radius 2 is 1.93 bits per heavy atom. The van der Waals surface area contributed by atoms with Crippen LogP contribution in [0.15, 0.2) is 42.7 Å². The van der Waals surface area contributed by atoms with Crippen molar-refractivity contribution in [2.45, 2.75) is 6.61 Å². The number of aromatic nitrogens is 2. The Balaban J connectivity index is 2.17. The summed E-state index contributed by atoms with van der Waals surface area (Å²) in [6.45, 7) is -0.140. The van der Waals surface area contributed by atoms with E-state index in [2.05, 4.69) is 9.97 Å². The molecule has 1 N–H and O–H groups in total. The van der Waals surface area contributed by atoms with Gasteiger partial charge < -0.3 is 9.84 Å². The van der Waals surface area contributed by atoms with Crippen LogP contribution in [-0.4, -0.2) is 15.1 Å². The van der Waals surface area contributed by atoms with Gasteiger partial charge in [0.2, 0.25) is 5.88 Å². The summed E-state index contributed by atoms with van der Waals surface area (Å²) in [6.07, 6.45) is 3.00. The zero-order valence-corrected chi connectivity index (χ0v) is 8.00. The summed E-state index contributed by atoms with van der Waals surface area (Å²) in [5.41, 5.74) is 0.489. The van der Waals surface area contributed by atoms with E-state index in [1.807, 2.05) is 30.3 Å². The maximum absolute atomic E-state index is 8.87. The van der Waals surface area contributed by atoms with E-state index < -0.39 is 0 Å². The summed E-state index contributed by atoms with van der Waals surface area (Å²) >= 11 is 0. The number of rotatable bonds is 3. The summed E-state index contributed by atoms with van der Waals surface area (Å²) in [5, 5.41) is 8.87. The zero-order valence-electron chi connectivity index (χ0n) is 8.00. The van der Waals surface area contributed by atoms with Crippen molar-refractivity contribution in [1.82, 2.24) is 9.97 Å². The topological polar surface area (TPSA) is 55.2 Å². The molecule has 0 saturated heterocycles. The molecule has 0 radical (unpaired) electrons. The van der Waals surface area contributed by atoms with Gasteiger partial charge in [-0.3, -0.25) is 4.98 Å². The first-order chi connectivity index (χ1) is 7.38. The minimum Gasteiger partial charge on any atom is -0.437 e. The lowest BCUT2D eigenvalue weighted by Gasteiger charge is -2.04. The van der Waals surface area contributed by atoms with Crippen LogP contribution in [0.2, 0.25) is 0 Å². The fraction of sp³-hybridized carbons (Fsp3) is 0.0909. The summed E-state index contributed by atoms with van der Waals surface area (Å²) in [6, 6.07) is 9.31. The monoisotopic (exact) mass is 202 g/mol. The normalized spacial score (nSPS) is 9.93. The first-order valence-corrected chi connectivity index (χ1v) is 4.53. The Labute approximate surface area is 87.2 Å². The lowest BCUT2D eigenvalue weighted by Crippen LogP contribution is -1.94. The van der Waals surface area contributed by atoms with E-state index in [9.17, 15) is 0 Å². The number of para-hydroxylation sites is 1. The molecule has 1 heterocycles. The lowest BCUT2D eigenvalue weighted by atomic mass is 10.3. The minimum absolute atomic E-state index is 0.140. The van der Waals surface area contributed by atoms with Crippen molar-refractivity contribution in [3.05, 3.63) is 48.4 Å². The smallest absolute Gasteiger partial charge is 0.238 e. The van der Waals surface area contributed by atoms with Crippen LogP contribution in [0.5, 0.6) is 11.6 Å². The van der Waals surface area contributed by atoms with Crippen molar-refractivity contribution >= 4 is 0 Å². The number of aliphatic hydroxyl groups is 1. The third kappa shape index (κ3) is 2.51. The second-order valence-corrected chi connectivity index (χ2v) is 2.92. The van der Waals surface area contributed by atoms with Gasteiger partial charge in [0.05, 0.1) is 24.7 Å². The molecule has 0 unspecified atom stereocenters. The Bertz CT molecular complexity index is 432. The van der Waals surface area contributed by atoms with Crippen molar-refractivity contribution < 1.29 is 9.84 Å². The Kier molecular flexibility index (Phi) is 2.90. The van der Waals surface area contributed by atoms with E-state index >= 15 is 0 Å². The van der Waals surface area contributed by atoms with Gasteiger partial charge in [0.25, 0.3) is 0 Å². The molecular weight excluding hydrogens is 192 g/mol. The molecule has 0 bridgehead atoms. The van der Waals surface area contributed by atoms with E-state index in [0.717, 1.165) is 0 Å². The van der Waals surface area contributed by atoms with Gasteiger partial charge in [-0.2, -0.15) is 0 Å². The van der Waals surface area contributed by atoms with Crippen molar-refractivity contribution in [3.63, 3.8) is 0 Å². The van der Waals surface area contributed by atoms with Crippen LogP contribution in [0.1, 0.15) is 5.69 Å². The summed E-state index contributed by atoms with van der Waals surface area (Å²) in [4.78, 5) is 7.96. The van der Waals surface area contributed by atoms with Crippen LogP contribution >= 0.6 is 0 Å². The van der Waals surface area contributed by atoms with E-state index in [4.69, 9.17) is 9.84 Å². The Morgan fingerprint density at radius 3 is 2.67 bits per heavy atom. The van der Waals surface area contributed by atoms with Gasteiger partial charge >= 0.3 is 0 Å². The molecule has 15 heavy (non-hydrogen) atoms. The molecule has 4 nitrogen and oxygen atoms in total. The number of ether oxygens (including phenoxy) is 1. The Morgan fingerprint density at radius 1 is 1.13 bits per heavy atom. The van der Waals surface area contributed by atoms with Gasteiger partial charge in [0.1, 0.15) is 5.75 Å². The molecular formula is C11H10N2O2. The fourth-order valence-electron chi connectivity index (χ4n) is 1.12. The van der Waals surface area contributed by atoms with Gasteiger partial charge in [-0.15, -0.1) is 0 Å². The Hall–Kier alpha value is -1.94. The maximum atomic E-state index is 8.87. The summed E-state index contributed by atoms with van der Waals surface area (Å²) < 4.78 is 5.44. The number of nitrogens with zero attached hydrogens (tertiary/aromatic N) is 2. The molecule has 0 amide bonds. The molecule has 76 valence electrons. The molecule has 0 aliphatic rings. The van der Waals surface area contributed by atoms with Crippen LogP contribution in [0.3, 0.4) is 0 Å². The van der Waals surface area contributed by atoms with Crippen molar-refractivity contribution in [3.8, 4) is 11.6 Å². The molecule has 0 saturated carbocycles. The van der Waals surface area contributed by atoms with Gasteiger partial charge in [0.15, 0.2) is 0 Å². The largest absolute Gasteiger partial charge is 0.437 e. The third-order valence-corrected chi connectivity index (χ3v) is 1.79. The second kappa shape index (κ2) is 4.52. The van der Waals surface area contributed by atoms with E-state index in [1.54, 1.807) is 0 Å². The molecule has 0 atom stereocenters. The zero-order chi connectivity index (χ0) is 10.5. The first-order valence-electron chi connectivity index (χ1n) is 4.53. The molecule has 4 heteroatoms. The van der Waals surface area contributed by atoms with Crippen LogP contribution in [0.4, 0.5) is 0 Å². The third-order valence-electron chi connectivity index (χ3n) is 1.79. The number of hydrogen-bond donors (Lipinski definition) is 1. The van der Waals surface area contributed by atoms with Gasteiger partial charge in [-0.1, -0.05) is 18.2 Å². The number of benzene rings is 1. The maximum Gasteiger partial charge on any atom is 0.238 e. The van der Waals surface area contributed by atoms with Gasteiger partial charge in [-0.05, 0) is 12.1 Å². The highest BCUT2D eigenvalue weighted by Gasteiger charge is 1.99. The van der Waals surface area contributed by atoms with Gasteiger partial charge in [0, 0.05) is 0 Å². The highest BCUT2D eigenvalue weighted by Crippen LogP contribution is 2.17. The molecule has 0 spiro atoms. The van der Waals surface area contributed by atoms with Crippen LogP contribution in [0.25, 0.3) is 0 Å². The highest BCUT2D eigenvalue weighted by molar-refractivity contribution is 5.25. The molecule has 1 aromatic heterocycles. The standard InChI is InChI=1S/C11H10N2O2/c14-8-9-6-12-7-11(13-9)15-10-4-2-1-3-5-10/h1-7,14H,8H2. The number of hydrogen-bond acceptors (Lipinski definition) is 4. The van der Waals surface area contributed by atoms with E-state index in [0.29, 0.717) is 17.3 Å². The first kappa shape index (κ1) is 9.61. The molecule has 2 rings (SSSR count). The van der Waals surface area contributed by atoms with E-state index in [1.165, 1.54) is 12.4 Å². The fourth-order valence-corrected chi connectivity index (χ4v) is 1.12. The predicted molar refractivity (Wildman–Crippen MR) is 54.5 cm³/mol. The molecule has 0 aliphatic heterocycles. The minimum atomic E-state index is -0.140. The SMILES string of the molecule is OCc1cncc(Oc2ccccc2)n1.